The zero-order valence-corrected chi connectivity index (χ0v) is 24.3. The van der Waals surface area contributed by atoms with Crippen molar-refractivity contribution in [1.29, 1.82) is 0 Å². The van der Waals surface area contributed by atoms with Crippen LogP contribution in [0.5, 0.6) is 0 Å². The summed E-state index contributed by atoms with van der Waals surface area (Å²) >= 11 is 5.30. The Balaban J connectivity index is 0.000000152. The zero-order chi connectivity index (χ0) is 26.6. The van der Waals surface area contributed by atoms with Gasteiger partial charge in [-0.3, -0.25) is 9.59 Å². The second kappa shape index (κ2) is 10.1. The SMILES string of the molecule is CC1Cc2c(Br)cccc2C12OCCO2.CC1Cc2c(Sc3cccc4c3CC(C)C4=O)cccc2C1=O. The van der Waals surface area contributed by atoms with Crippen LogP contribution in [0.3, 0.4) is 0 Å². The number of carbonyl (C=O) groups excluding carboxylic acids is 2. The number of halogens is 1. The van der Waals surface area contributed by atoms with E-state index < -0.39 is 5.79 Å². The first kappa shape index (κ1) is 26.0. The molecule has 7 rings (SSSR count). The fourth-order valence-corrected chi connectivity index (χ4v) is 8.01. The Morgan fingerprint density at radius 1 is 0.737 bits per heavy atom. The van der Waals surface area contributed by atoms with Gasteiger partial charge in [0.05, 0.1) is 13.2 Å². The first-order valence-electron chi connectivity index (χ1n) is 13.4. The number of ketones is 2. The second-order valence-corrected chi connectivity index (χ2v) is 12.8. The van der Waals surface area contributed by atoms with Gasteiger partial charge in [0.25, 0.3) is 0 Å². The molecule has 1 aliphatic heterocycles. The van der Waals surface area contributed by atoms with E-state index in [9.17, 15) is 9.59 Å². The smallest absolute Gasteiger partial charge is 0.198 e. The number of Topliss-reactive ketones (excluding diaryl/α,β-unsaturated/α-hetero) is 2. The highest BCUT2D eigenvalue weighted by molar-refractivity contribution is 9.10. The zero-order valence-electron chi connectivity index (χ0n) is 21.9. The number of carbonyl (C=O) groups is 2. The van der Waals surface area contributed by atoms with Gasteiger partial charge in [0.2, 0.25) is 0 Å². The van der Waals surface area contributed by atoms with Crippen molar-refractivity contribution in [2.24, 2.45) is 17.8 Å². The molecule has 0 radical (unpaired) electrons. The minimum atomic E-state index is -0.459. The van der Waals surface area contributed by atoms with E-state index in [0.717, 1.165) is 40.2 Å². The highest BCUT2D eigenvalue weighted by Crippen LogP contribution is 2.49. The van der Waals surface area contributed by atoms with Gasteiger partial charge in [-0.25, -0.2) is 0 Å². The van der Waals surface area contributed by atoms with Crippen LogP contribution >= 0.6 is 27.7 Å². The monoisotopic (exact) mass is 590 g/mol. The van der Waals surface area contributed by atoms with Gasteiger partial charge < -0.3 is 9.47 Å². The third kappa shape index (κ3) is 4.21. The maximum atomic E-state index is 12.2. The molecule has 4 nitrogen and oxygen atoms in total. The molecule has 1 fully saturated rings. The Morgan fingerprint density at radius 2 is 1.26 bits per heavy atom. The molecule has 6 heteroatoms. The molecule has 3 aliphatic carbocycles. The predicted octanol–water partition coefficient (Wildman–Crippen LogP) is 7.43. The molecule has 38 heavy (non-hydrogen) atoms. The Morgan fingerprint density at radius 3 is 1.82 bits per heavy atom. The number of hydrogen-bond donors (Lipinski definition) is 0. The summed E-state index contributed by atoms with van der Waals surface area (Å²) < 4.78 is 12.9. The molecule has 0 bridgehead atoms. The van der Waals surface area contributed by atoms with Gasteiger partial charge in [-0.15, -0.1) is 0 Å². The highest BCUT2D eigenvalue weighted by atomic mass is 79.9. The maximum absolute atomic E-state index is 12.2. The quantitative estimate of drug-likeness (QED) is 0.310. The minimum Gasteiger partial charge on any atom is -0.343 e. The van der Waals surface area contributed by atoms with Crippen LogP contribution in [0.1, 0.15) is 63.7 Å². The molecule has 4 aliphatic rings. The molecule has 0 amide bonds. The van der Waals surface area contributed by atoms with Gasteiger partial charge >= 0.3 is 0 Å². The van der Waals surface area contributed by atoms with Crippen molar-refractivity contribution in [3.8, 4) is 0 Å². The largest absolute Gasteiger partial charge is 0.343 e. The molecule has 0 N–H and O–H groups in total. The Bertz CT molecular complexity index is 1370. The summed E-state index contributed by atoms with van der Waals surface area (Å²) in [5.74, 6) is 0.603. The summed E-state index contributed by atoms with van der Waals surface area (Å²) in [5, 5.41) is 0. The van der Waals surface area contributed by atoms with Crippen LogP contribution in [0.25, 0.3) is 0 Å². The van der Waals surface area contributed by atoms with Crippen LogP contribution in [0.2, 0.25) is 0 Å². The third-order valence-electron chi connectivity index (χ3n) is 8.30. The van der Waals surface area contributed by atoms with Crippen LogP contribution in [0.15, 0.2) is 68.9 Å². The minimum absolute atomic E-state index is 0.0786. The molecule has 3 aromatic carbocycles. The van der Waals surface area contributed by atoms with Crippen LogP contribution < -0.4 is 0 Å². The van der Waals surface area contributed by atoms with E-state index in [1.165, 1.54) is 26.7 Å². The van der Waals surface area contributed by atoms with E-state index in [-0.39, 0.29) is 23.4 Å². The molecule has 1 heterocycles. The van der Waals surface area contributed by atoms with Crippen LogP contribution in [-0.4, -0.2) is 24.8 Å². The number of ether oxygens (including phenoxy) is 2. The first-order chi connectivity index (χ1) is 18.3. The van der Waals surface area contributed by atoms with E-state index in [0.29, 0.717) is 19.1 Å². The Hall–Kier alpha value is -2.25. The summed E-state index contributed by atoms with van der Waals surface area (Å²) in [6.45, 7) is 7.60. The lowest BCUT2D eigenvalue weighted by Crippen LogP contribution is -2.30. The lowest BCUT2D eigenvalue weighted by atomic mass is 10.0. The van der Waals surface area contributed by atoms with Crippen molar-refractivity contribution in [2.75, 3.05) is 13.2 Å². The van der Waals surface area contributed by atoms with Gasteiger partial charge in [0, 0.05) is 48.7 Å². The van der Waals surface area contributed by atoms with E-state index in [1.807, 2.05) is 44.2 Å². The van der Waals surface area contributed by atoms with Crippen molar-refractivity contribution in [2.45, 2.75) is 55.6 Å². The van der Waals surface area contributed by atoms with Gasteiger partial charge in [-0.2, -0.15) is 0 Å². The summed E-state index contributed by atoms with van der Waals surface area (Å²) in [4.78, 5) is 26.7. The van der Waals surface area contributed by atoms with E-state index in [4.69, 9.17) is 9.47 Å². The predicted molar refractivity (Wildman–Crippen MR) is 152 cm³/mol. The average Bonchev–Trinajstić information content (AvgIpc) is 3.65. The highest BCUT2D eigenvalue weighted by Gasteiger charge is 2.50. The number of fused-ring (bicyclic) bond motifs is 4. The number of hydrogen-bond acceptors (Lipinski definition) is 5. The topological polar surface area (TPSA) is 52.6 Å². The van der Waals surface area contributed by atoms with E-state index in [1.54, 1.807) is 11.8 Å². The lowest BCUT2D eigenvalue weighted by molar-refractivity contribution is -0.192. The number of rotatable bonds is 2. The fraction of sp³-hybridized carbons (Fsp3) is 0.375. The molecular formula is C32H31BrO4S. The molecule has 1 saturated heterocycles. The summed E-state index contributed by atoms with van der Waals surface area (Å²) in [7, 11) is 0. The first-order valence-corrected chi connectivity index (χ1v) is 15.0. The molecule has 3 unspecified atom stereocenters. The molecule has 1 spiro atoms. The maximum Gasteiger partial charge on any atom is 0.198 e. The van der Waals surface area contributed by atoms with Gasteiger partial charge in [0.1, 0.15) is 0 Å². The molecule has 3 atom stereocenters. The van der Waals surface area contributed by atoms with Crippen molar-refractivity contribution in [3.05, 3.63) is 92.5 Å². The lowest BCUT2D eigenvalue weighted by Gasteiger charge is -2.27. The molecule has 0 aromatic heterocycles. The van der Waals surface area contributed by atoms with Gasteiger partial charge in [-0.1, -0.05) is 84.9 Å². The van der Waals surface area contributed by atoms with Crippen LogP contribution in [0.4, 0.5) is 0 Å². The average molecular weight is 592 g/mol. The summed E-state index contributed by atoms with van der Waals surface area (Å²) in [6.07, 6.45) is 2.67. The van der Waals surface area contributed by atoms with Crippen molar-refractivity contribution in [1.82, 2.24) is 0 Å². The summed E-state index contributed by atoms with van der Waals surface area (Å²) in [6, 6.07) is 18.2. The van der Waals surface area contributed by atoms with Crippen molar-refractivity contribution >= 4 is 39.3 Å². The van der Waals surface area contributed by atoms with Crippen LogP contribution in [0, 0.1) is 17.8 Å². The Labute approximate surface area is 236 Å². The van der Waals surface area contributed by atoms with E-state index >= 15 is 0 Å². The van der Waals surface area contributed by atoms with Gasteiger partial charge in [0.15, 0.2) is 17.4 Å². The molecule has 3 aromatic rings. The van der Waals surface area contributed by atoms with Gasteiger partial charge in [-0.05, 0) is 54.2 Å². The Kier molecular flexibility index (Phi) is 6.88. The molecule has 196 valence electrons. The fourth-order valence-electron chi connectivity index (χ4n) is 6.32. The third-order valence-corrected chi connectivity index (χ3v) is 10.3. The normalized spacial score (nSPS) is 24.3. The van der Waals surface area contributed by atoms with E-state index in [2.05, 4.69) is 47.1 Å². The van der Waals surface area contributed by atoms with Crippen molar-refractivity contribution in [3.63, 3.8) is 0 Å². The summed E-state index contributed by atoms with van der Waals surface area (Å²) in [5.41, 5.74) is 6.64. The van der Waals surface area contributed by atoms with Crippen LogP contribution in [-0.2, 0) is 34.5 Å². The second-order valence-electron chi connectivity index (χ2n) is 10.8. The standard InChI is InChI=1S/C20H18O2S.C12H13BrO2/c1-11-9-15-13(19(11)21)5-3-7-17(15)23-18-8-4-6-14-16(18)10-12(2)20(14)22;1-8-7-9-10(3-2-4-11(9)13)12(8)14-5-6-15-12/h3-8,11-12H,9-10H2,1-2H3;2-4,8H,5-7H2,1H3. The molecule has 0 saturated carbocycles. The number of benzene rings is 3. The van der Waals surface area contributed by atoms with Crippen molar-refractivity contribution < 1.29 is 19.1 Å². The molecular weight excluding hydrogens is 560 g/mol.